The summed E-state index contributed by atoms with van der Waals surface area (Å²) in [5.41, 5.74) is 1.61. The molecule has 1 heterocycles. The van der Waals surface area contributed by atoms with Gasteiger partial charge in [-0.3, -0.25) is 4.79 Å². The number of benzene rings is 2. The highest BCUT2D eigenvalue weighted by Gasteiger charge is 2.29. The molecule has 1 aromatic heterocycles. The fourth-order valence-electron chi connectivity index (χ4n) is 2.52. The van der Waals surface area contributed by atoms with Gasteiger partial charge in [0, 0.05) is 23.5 Å². The smallest absolute Gasteiger partial charge is 0.416 e. The molecule has 0 spiro atoms. The molecule has 4 nitrogen and oxygen atoms in total. The lowest BCUT2D eigenvalue weighted by atomic mass is 10.1. The molecule has 7 heteroatoms. The second-order valence-electron chi connectivity index (χ2n) is 5.47. The van der Waals surface area contributed by atoms with Crippen LogP contribution in [-0.2, 0) is 17.4 Å². The van der Waals surface area contributed by atoms with Gasteiger partial charge in [0.2, 0.25) is 6.41 Å². The van der Waals surface area contributed by atoms with E-state index in [1.807, 2.05) is 6.07 Å². The van der Waals surface area contributed by atoms with Crippen molar-refractivity contribution in [2.24, 2.45) is 0 Å². The van der Waals surface area contributed by atoms with Gasteiger partial charge in [-0.05, 0) is 35.9 Å². The van der Waals surface area contributed by atoms with Crippen LogP contribution >= 0.6 is 0 Å². The molecule has 0 aliphatic heterocycles. The van der Waals surface area contributed by atoms with Crippen LogP contribution in [0.2, 0.25) is 0 Å². The molecule has 2 N–H and O–H groups in total. The molecule has 3 rings (SSSR count). The Morgan fingerprint density at radius 1 is 1.12 bits per heavy atom. The standard InChI is InChI=1S/C18H15F3N2O2/c19-18(20,21)13-3-1-12(2-4-13)7-8-25-14-5-6-16-15(9-14)17(10-22-16)23-11-24/h1-6,9-11,22H,7-8H2,(H,23,24). The zero-order valence-electron chi connectivity index (χ0n) is 13.1. The van der Waals surface area contributed by atoms with Crippen molar-refractivity contribution in [1.82, 2.24) is 4.98 Å². The molecule has 3 aromatic rings. The predicted molar refractivity (Wildman–Crippen MR) is 88.6 cm³/mol. The van der Waals surface area contributed by atoms with Crippen molar-refractivity contribution < 1.29 is 22.7 Å². The van der Waals surface area contributed by atoms with Gasteiger partial charge in [-0.25, -0.2) is 0 Å². The van der Waals surface area contributed by atoms with Crippen LogP contribution in [0.3, 0.4) is 0 Å². The highest BCUT2D eigenvalue weighted by atomic mass is 19.4. The predicted octanol–water partition coefficient (Wildman–Crippen LogP) is 4.38. The molecule has 1 amide bonds. The van der Waals surface area contributed by atoms with E-state index in [-0.39, 0.29) is 0 Å². The van der Waals surface area contributed by atoms with Gasteiger partial charge < -0.3 is 15.0 Å². The maximum absolute atomic E-state index is 12.5. The third-order valence-electron chi connectivity index (χ3n) is 3.81. The first-order valence-corrected chi connectivity index (χ1v) is 7.57. The third-order valence-corrected chi connectivity index (χ3v) is 3.81. The summed E-state index contributed by atoms with van der Waals surface area (Å²) in [5.74, 6) is 0.618. The minimum Gasteiger partial charge on any atom is -0.493 e. The number of hydrogen-bond acceptors (Lipinski definition) is 2. The van der Waals surface area contributed by atoms with Crippen molar-refractivity contribution in [3.8, 4) is 5.75 Å². The number of ether oxygens (including phenoxy) is 1. The molecule has 0 atom stereocenters. The Labute approximate surface area is 141 Å². The SMILES string of the molecule is O=CNc1c[nH]c2ccc(OCCc3ccc(C(F)(F)F)cc3)cc12. The summed E-state index contributed by atoms with van der Waals surface area (Å²) >= 11 is 0. The Balaban J connectivity index is 1.62. The summed E-state index contributed by atoms with van der Waals surface area (Å²) in [6.07, 6.45) is -1.55. The number of carbonyl (C=O) groups is 1. The normalized spacial score (nSPS) is 11.5. The van der Waals surface area contributed by atoms with Crippen LogP contribution in [0.1, 0.15) is 11.1 Å². The molecule has 0 radical (unpaired) electrons. The number of rotatable bonds is 6. The number of amides is 1. The molecule has 0 aliphatic carbocycles. The molecule has 0 unspecified atom stereocenters. The first kappa shape index (κ1) is 16.9. The van der Waals surface area contributed by atoms with E-state index < -0.39 is 11.7 Å². The van der Waals surface area contributed by atoms with E-state index in [0.717, 1.165) is 28.6 Å². The largest absolute Gasteiger partial charge is 0.493 e. The van der Waals surface area contributed by atoms with Gasteiger partial charge in [0.1, 0.15) is 5.75 Å². The van der Waals surface area contributed by atoms with Gasteiger partial charge in [0.15, 0.2) is 0 Å². The lowest BCUT2D eigenvalue weighted by molar-refractivity contribution is -0.137. The molecule has 25 heavy (non-hydrogen) atoms. The zero-order valence-corrected chi connectivity index (χ0v) is 13.1. The summed E-state index contributed by atoms with van der Waals surface area (Å²) in [6.45, 7) is 0.331. The molecule has 0 fully saturated rings. The fraction of sp³-hybridized carbons (Fsp3) is 0.167. The molecule has 0 saturated carbocycles. The molecular weight excluding hydrogens is 333 g/mol. The molecular formula is C18H15F3N2O2. The molecule has 2 aromatic carbocycles. The monoisotopic (exact) mass is 348 g/mol. The average Bonchev–Trinajstić information content (AvgIpc) is 2.97. The quantitative estimate of drug-likeness (QED) is 0.650. The Morgan fingerprint density at radius 3 is 2.56 bits per heavy atom. The van der Waals surface area contributed by atoms with Gasteiger partial charge >= 0.3 is 6.18 Å². The maximum Gasteiger partial charge on any atom is 0.416 e. The Bertz CT molecular complexity index is 870. The van der Waals surface area contributed by atoms with Crippen molar-refractivity contribution in [3.05, 3.63) is 59.8 Å². The second kappa shape index (κ2) is 6.88. The number of carbonyl (C=O) groups excluding carboxylic acids is 1. The Hall–Kier alpha value is -2.96. The van der Waals surface area contributed by atoms with E-state index in [2.05, 4.69) is 10.3 Å². The number of H-pyrrole nitrogens is 1. The van der Waals surface area contributed by atoms with E-state index in [0.29, 0.717) is 30.9 Å². The van der Waals surface area contributed by atoms with Gasteiger partial charge in [-0.15, -0.1) is 0 Å². The lowest BCUT2D eigenvalue weighted by Gasteiger charge is -2.09. The highest BCUT2D eigenvalue weighted by Crippen LogP contribution is 2.29. The Kier molecular flexibility index (Phi) is 4.65. The van der Waals surface area contributed by atoms with E-state index >= 15 is 0 Å². The average molecular weight is 348 g/mol. The van der Waals surface area contributed by atoms with Crippen LogP contribution in [0.15, 0.2) is 48.7 Å². The van der Waals surface area contributed by atoms with Crippen LogP contribution < -0.4 is 10.1 Å². The number of alkyl halides is 3. The minimum atomic E-state index is -4.33. The number of nitrogens with one attached hydrogen (secondary N) is 2. The van der Waals surface area contributed by atoms with Crippen LogP contribution in [-0.4, -0.2) is 18.0 Å². The fourth-order valence-corrected chi connectivity index (χ4v) is 2.52. The summed E-state index contributed by atoms with van der Waals surface area (Å²) in [5, 5.41) is 3.42. The maximum atomic E-state index is 12.5. The van der Waals surface area contributed by atoms with E-state index in [4.69, 9.17) is 4.74 Å². The first-order valence-electron chi connectivity index (χ1n) is 7.57. The van der Waals surface area contributed by atoms with Gasteiger partial charge in [-0.2, -0.15) is 13.2 Å². The van der Waals surface area contributed by atoms with Crippen LogP contribution in [0.5, 0.6) is 5.75 Å². The van der Waals surface area contributed by atoms with E-state index in [9.17, 15) is 18.0 Å². The van der Waals surface area contributed by atoms with Crippen molar-refractivity contribution in [2.75, 3.05) is 11.9 Å². The zero-order chi connectivity index (χ0) is 17.9. The second-order valence-corrected chi connectivity index (χ2v) is 5.47. The van der Waals surface area contributed by atoms with Crippen molar-refractivity contribution in [3.63, 3.8) is 0 Å². The molecule has 0 aliphatic rings. The summed E-state index contributed by atoms with van der Waals surface area (Å²) in [7, 11) is 0. The number of aromatic nitrogens is 1. The number of halogens is 3. The molecule has 0 bridgehead atoms. The van der Waals surface area contributed by atoms with Gasteiger partial charge in [-0.1, -0.05) is 12.1 Å². The van der Waals surface area contributed by atoms with Crippen LogP contribution in [0.4, 0.5) is 18.9 Å². The number of anilines is 1. The minimum absolute atomic E-state index is 0.331. The van der Waals surface area contributed by atoms with Gasteiger partial charge in [0.05, 0.1) is 17.9 Å². The molecule has 0 saturated heterocycles. The lowest BCUT2D eigenvalue weighted by Crippen LogP contribution is -2.05. The highest BCUT2D eigenvalue weighted by molar-refractivity contribution is 5.97. The van der Waals surface area contributed by atoms with E-state index in [1.54, 1.807) is 18.3 Å². The third kappa shape index (κ3) is 3.93. The van der Waals surface area contributed by atoms with Crippen molar-refractivity contribution in [2.45, 2.75) is 12.6 Å². The number of fused-ring (bicyclic) bond motifs is 1. The number of hydrogen-bond donors (Lipinski definition) is 2. The van der Waals surface area contributed by atoms with Crippen LogP contribution in [0, 0.1) is 0 Å². The topological polar surface area (TPSA) is 54.1 Å². The summed E-state index contributed by atoms with van der Waals surface area (Å²) < 4.78 is 43.2. The Morgan fingerprint density at radius 2 is 1.88 bits per heavy atom. The molecule has 130 valence electrons. The van der Waals surface area contributed by atoms with Crippen molar-refractivity contribution >= 4 is 23.0 Å². The summed E-state index contributed by atoms with van der Waals surface area (Å²) in [6, 6.07) is 10.5. The number of aromatic amines is 1. The van der Waals surface area contributed by atoms with Gasteiger partial charge in [0.25, 0.3) is 0 Å². The summed E-state index contributed by atoms with van der Waals surface area (Å²) in [4.78, 5) is 13.6. The van der Waals surface area contributed by atoms with Crippen molar-refractivity contribution in [1.29, 1.82) is 0 Å². The van der Waals surface area contributed by atoms with Crippen LogP contribution in [0.25, 0.3) is 10.9 Å². The first-order chi connectivity index (χ1) is 12.0. The van der Waals surface area contributed by atoms with E-state index in [1.165, 1.54) is 12.1 Å².